The zero-order chi connectivity index (χ0) is 13.7. The molecular weight excluding hydrogens is 252 g/mol. The van der Waals surface area contributed by atoms with E-state index in [1.165, 1.54) is 11.8 Å². The minimum atomic E-state index is -0.997. The van der Waals surface area contributed by atoms with Gasteiger partial charge in [-0.25, -0.2) is 0 Å². The summed E-state index contributed by atoms with van der Waals surface area (Å²) in [5, 5.41) is 8.64. The fourth-order valence-electron chi connectivity index (χ4n) is 1.38. The van der Waals surface area contributed by atoms with Crippen molar-refractivity contribution in [3.8, 4) is 0 Å². The van der Waals surface area contributed by atoms with Crippen molar-refractivity contribution >= 4 is 23.6 Å². The number of amides is 1. The number of carbonyl (C=O) groups excluding carboxylic acids is 1. The van der Waals surface area contributed by atoms with Crippen molar-refractivity contribution < 1.29 is 14.7 Å². The summed E-state index contributed by atoms with van der Waals surface area (Å²) in [4.78, 5) is 21.5. The molecule has 1 aromatic carbocycles. The zero-order valence-electron chi connectivity index (χ0n) is 10.1. The summed E-state index contributed by atoms with van der Waals surface area (Å²) in [6, 6.07) is 4.38. The van der Waals surface area contributed by atoms with Gasteiger partial charge in [0.15, 0.2) is 0 Å². The van der Waals surface area contributed by atoms with Gasteiger partial charge in [0.05, 0.1) is 0 Å². The van der Waals surface area contributed by atoms with Crippen LogP contribution in [-0.2, 0) is 10.5 Å². The van der Waals surface area contributed by atoms with Gasteiger partial charge < -0.3 is 16.6 Å². The van der Waals surface area contributed by atoms with E-state index in [-0.39, 0.29) is 0 Å². The van der Waals surface area contributed by atoms with Gasteiger partial charge in [-0.2, -0.15) is 11.8 Å². The number of carboxylic acids is 1. The Hall–Kier alpha value is -1.53. The summed E-state index contributed by atoms with van der Waals surface area (Å²) in [6.45, 7) is 1.89. The number of primary amides is 1. The summed E-state index contributed by atoms with van der Waals surface area (Å²) in [5.74, 6) is -0.438. The molecule has 1 rings (SSSR count). The van der Waals surface area contributed by atoms with Crippen LogP contribution in [0, 0.1) is 6.92 Å². The smallest absolute Gasteiger partial charge is 0.321 e. The van der Waals surface area contributed by atoms with Crippen molar-refractivity contribution in [1.82, 2.24) is 0 Å². The second-order valence-electron chi connectivity index (χ2n) is 3.97. The monoisotopic (exact) mass is 268 g/mol. The van der Waals surface area contributed by atoms with Gasteiger partial charge in [0, 0.05) is 17.1 Å². The summed E-state index contributed by atoms with van der Waals surface area (Å²) >= 11 is 1.45. The standard InChI is InChI=1S/C12H16N2O3S/c1-7-4-8(11(14)15)2-3-9(7)5-18-6-10(13)12(16)17/h2-4,10H,5-6,13H2,1H3,(H2,14,15)(H,16,17)/t10-/m0/s1. The molecule has 0 heterocycles. The van der Waals surface area contributed by atoms with Crippen LogP contribution in [0.25, 0.3) is 0 Å². The Bertz CT molecular complexity index is 463. The average molecular weight is 268 g/mol. The van der Waals surface area contributed by atoms with Gasteiger partial charge in [-0.05, 0) is 30.2 Å². The van der Waals surface area contributed by atoms with Gasteiger partial charge in [-0.3, -0.25) is 9.59 Å². The number of carboxylic acid groups (broad SMARTS) is 1. The predicted octanol–water partition coefficient (Wildman–Crippen LogP) is 0.739. The Morgan fingerprint density at radius 3 is 2.61 bits per heavy atom. The Kier molecular flexibility index (Phi) is 5.18. The van der Waals surface area contributed by atoms with E-state index in [9.17, 15) is 9.59 Å². The molecule has 0 unspecified atom stereocenters. The van der Waals surface area contributed by atoms with Crippen molar-refractivity contribution in [2.45, 2.75) is 18.7 Å². The highest BCUT2D eigenvalue weighted by atomic mass is 32.2. The maximum absolute atomic E-state index is 11.0. The maximum atomic E-state index is 11.0. The van der Waals surface area contributed by atoms with Crippen LogP contribution in [0.1, 0.15) is 21.5 Å². The van der Waals surface area contributed by atoms with E-state index in [0.29, 0.717) is 17.1 Å². The number of aryl methyl sites for hydroxylation is 1. The molecule has 0 saturated carbocycles. The van der Waals surface area contributed by atoms with Gasteiger partial charge in [0.2, 0.25) is 5.91 Å². The molecule has 18 heavy (non-hydrogen) atoms. The van der Waals surface area contributed by atoms with E-state index in [4.69, 9.17) is 16.6 Å². The number of nitrogens with two attached hydrogens (primary N) is 2. The lowest BCUT2D eigenvalue weighted by Crippen LogP contribution is -2.32. The second kappa shape index (κ2) is 6.42. The molecule has 0 saturated heterocycles. The van der Waals surface area contributed by atoms with Crippen LogP contribution in [0.2, 0.25) is 0 Å². The molecule has 0 aromatic heterocycles. The van der Waals surface area contributed by atoms with Gasteiger partial charge >= 0.3 is 5.97 Å². The number of aliphatic carboxylic acids is 1. The predicted molar refractivity (Wildman–Crippen MR) is 71.5 cm³/mol. The Morgan fingerprint density at radius 1 is 1.44 bits per heavy atom. The van der Waals surface area contributed by atoms with E-state index in [2.05, 4.69) is 0 Å². The fraction of sp³-hybridized carbons (Fsp3) is 0.333. The Labute approximate surface area is 110 Å². The molecule has 0 aliphatic carbocycles. The van der Waals surface area contributed by atoms with Crippen molar-refractivity contribution in [3.05, 3.63) is 34.9 Å². The number of thioether (sulfide) groups is 1. The third-order valence-corrected chi connectivity index (χ3v) is 3.61. The quantitative estimate of drug-likeness (QED) is 0.705. The molecular formula is C12H16N2O3S. The largest absolute Gasteiger partial charge is 0.480 e. The molecule has 0 radical (unpaired) electrons. The third-order valence-electron chi connectivity index (χ3n) is 2.50. The van der Waals surface area contributed by atoms with Crippen LogP contribution < -0.4 is 11.5 Å². The van der Waals surface area contributed by atoms with Crippen LogP contribution in [0.4, 0.5) is 0 Å². The third kappa shape index (κ3) is 4.05. The number of benzene rings is 1. The van der Waals surface area contributed by atoms with Gasteiger partial charge in [0.1, 0.15) is 6.04 Å². The summed E-state index contributed by atoms with van der Waals surface area (Å²) in [5.41, 5.74) is 13.1. The molecule has 0 bridgehead atoms. The number of hydrogen-bond donors (Lipinski definition) is 3. The van der Waals surface area contributed by atoms with E-state index >= 15 is 0 Å². The first-order valence-electron chi connectivity index (χ1n) is 5.37. The normalized spacial score (nSPS) is 12.1. The zero-order valence-corrected chi connectivity index (χ0v) is 10.9. The molecule has 98 valence electrons. The molecule has 5 N–H and O–H groups in total. The topological polar surface area (TPSA) is 106 Å². The Balaban J connectivity index is 2.58. The van der Waals surface area contributed by atoms with Crippen LogP contribution >= 0.6 is 11.8 Å². The minimum Gasteiger partial charge on any atom is -0.480 e. The Morgan fingerprint density at radius 2 is 2.11 bits per heavy atom. The summed E-state index contributed by atoms with van der Waals surface area (Å²) < 4.78 is 0. The molecule has 5 nitrogen and oxygen atoms in total. The first-order valence-corrected chi connectivity index (χ1v) is 6.52. The lowest BCUT2D eigenvalue weighted by Gasteiger charge is -2.09. The SMILES string of the molecule is Cc1cc(C(N)=O)ccc1CSC[C@H](N)C(=O)O. The van der Waals surface area contributed by atoms with Crippen molar-refractivity contribution in [1.29, 1.82) is 0 Å². The van der Waals surface area contributed by atoms with Gasteiger partial charge in [-0.1, -0.05) is 6.07 Å². The summed E-state index contributed by atoms with van der Waals surface area (Å²) in [6.07, 6.45) is 0. The molecule has 0 spiro atoms. The van der Waals surface area contributed by atoms with E-state index in [0.717, 1.165) is 11.1 Å². The van der Waals surface area contributed by atoms with Crippen LogP contribution in [-0.4, -0.2) is 28.8 Å². The minimum absolute atomic E-state index is 0.354. The number of carbonyl (C=O) groups is 2. The first kappa shape index (κ1) is 14.5. The molecule has 1 amide bonds. The van der Waals surface area contributed by atoms with Gasteiger partial charge in [0.25, 0.3) is 0 Å². The van der Waals surface area contributed by atoms with Crippen LogP contribution in [0.15, 0.2) is 18.2 Å². The maximum Gasteiger partial charge on any atom is 0.321 e. The first-order chi connectivity index (χ1) is 8.41. The molecule has 1 atom stereocenters. The number of rotatable bonds is 6. The molecule has 6 heteroatoms. The van der Waals surface area contributed by atoms with Crippen LogP contribution in [0.3, 0.4) is 0 Å². The van der Waals surface area contributed by atoms with Crippen molar-refractivity contribution in [2.75, 3.05) is 5.75 Å². The summed E-state index contributed by atoms with van der Waals surface area (Å²) in [7, 11) is 0. The lowest BCUT2D eigenvalue weighted by atomic mass is 10.1. The molecule has 0 fully saturated rings. The average Bonchev–Trinajstić information content (AvgIpc) is 2.30. The fourth-order valence-corrected chi connectivity index (χ4v) is 2.44. The van der Waals surface area contributed by atoms with Gasteiger partial charge in [-0.15, -0.1) is 0 Å². The highest BCUT2D eigenvalue weighted by molar-refractivity contribution is 7.98. The number of hydrogen-bond acceptors (Lipinski definition) is 4. The van der Waals surface area contributed by atoms with Crippen molar-refractivity contribution in [2.24, 2.45) is 11.5 Å². The lowest BCUT2D eigenvalue weighted by molar-refractivity contribution is -0.137. The molecule has 0 aliphatic rings. The van der Waals surface area contributed by atoms with E-state index in [1.807, 2.05) is 13.0 Å². The second-order valence-corrected chi connectivity index (χ2v) is 5.00. The van der Waals surface area contributed by atoms with E-state index < -0.39 is 17.9 Å². The molecule has 1 aromatic rings. The highest BCUT2D eigenvalue weighted by Gasteiger charge is 2.11. The van der Waals surface area contributed by atoms with E-state index in [1.54, 1.807) is 12.1 Å². The van der Waals surface area contributed by atoms with Crippen LogP contribution in [0.5, 0.6) is 0 Å². The van der Waals surface area contributed by atoms with Crippen molar-refractivity contribution in [3.63, 3.8) is 0 Å². The molecule has 0 aliphatic heterocycles. The highest BCUT2D eigenvalue weighted by Crippen LogP contribution is 2.18.